The minimum Gasteiger partial charge on any atom is -0.464 e. The molecule has 5 heteroatoms. The molecule has 0 bridgehead atoms. The Morgan fingerprint density at radius 3 is 2.92 bits per heavy atom. The van der Waals surface area contributed by atoms with Crippen LogP contribution < -0.4 is 0 Å². The Morgan fingerprint density at radius 1 is 1.75 bits per heavy atom. The summed E-state index contributed by atoms with van der Waals surface area (Å²) in [4.78, 5) is 23.6. The number of rotatable bonds is 5. The number of thiol groups is 1. The van der Waals surface area contributed by atoms with Crippen LogP contribution >= 0.6 is 12.6 Å². The number of nitrogens with zero attached hydrogens (tertiary/aromatic N) is 1. The molecule has 0 rings (SSSR count). The van der Waals surface area contributed by atoms with Crippen molar-refractivity contribution in [3.63, 3.8) is 0 Å². The molecule has 0 spiro atoms. The highest BCUT2D eigenvalue weighted by atomic mass is 32.1. The van der Waals surface area contributed by atoms with E-state index in [-0.39, 0.29) is 30.8 Å². The van der Waals surface area contributed by atoms with Crippen LogP contribution in [0.15, 0.2) is 4.99 Å². The van der Waals surface area contributed by atoms with Gasteiger partial charge in [0.25, 0.3) is 0 Å². The predicted octanol–water partition coefficient (Wildman–Crippen LogP) is 0.574. The molecular formula is C7H11NO3S. The molecule has 0 amide bonds. The molecule has 0 aliphatic heterocycles. The van der Waals surface area contributed by atoms with E-state index >= 15 is 0 Å². The van der Waals surface area contributed by atoms with Crippen molar-refractivity contribution in [3.05, 3.63) is 0 Å². The molecule has 1 atom stereocenters. The number of ether oxygens (including phenoxy) is 1. The van der Waals surface area contributed by atoms with E-state index in [0.29, 0.717) is 0 Å². The molecule has 12 heavy (non-hydrogen) atoms. The fraction of sp³-hybridized carbons (Fsp3) is 0.714. The van der Waals surface area contributed by atoms with Gasteiger partial charge in [0.2, 0.25) is 6.08 Å². The maximum Gasteiger partial charge on any atom is 0.306 e. The van der Waals surface area contributed by atoms with Crippen molar-refractivity contribution >= 4 is 24.7 Å². The fourth-order valence-corrected chi connectivity index (χ4v) is 0.700. The fourth-order valence-electron chi connectivity index (χ4n) is 0.551. The molecule has 0 aliphatic carbocycles. The smallest absolute Gasteiger partial charge is 0.306 e. The molecule has 0 heterocycles. The topological polar surface area (TPSA) is 55.7 Å². The molecule has 0 fully saturated rings. The van der Waals surface area contributed by atoms with Crippen LogP contribution in [0.3, 0.4) is 0 Å². The third kappa shape index (κ3) is 7.31. The molecule has 0 aromatic carbocycles. The summed E-state index contributed by atoms with van der Waals surface area (Å²) in [5, 5.41) is -0.00734. The molecule has 0 aromatic rings. The Morgan fingerprint density at radius 2 is 2.42 bits per heavy atom. The van der Waals surface area contributed by atoms with Crippen LogP contribution in [0.2, 0.25) is 0 Å². The number of isocyanates is 1. The van der Waals surface area contributed by atoms with Gasteiger partial charge in [0.1, 0.15) is 6.61 Å². The van der Waals surface area contributed by atoms with Crippen molar-refractivity contribution in [3.8, 4) is 0 Å². The summed E-state index contributed by atoms with van der Waals surface area (Å²) in [7, 11) is 0. The molecule has 0 N–H and O–H groups in total. The molecule has 0 radical (unpaired) electrons. The van der Waals surface area contributed by atoms with Crippen LogP contribution in [-0.4, -0.2) is 30.5 Å². The zero-order chi connectivity index (χ0) is 9.40. The van der Waals surface area contributed by atoms with Crippen molar-refractivity contribution in [2.45, 2.75) is 18.6 Å². The van der Waals surface area contributed by atoms with Gasteiger partial charge in [-0.05, 0) is 0 Å². The number of esters is 1. The highest BCUT2D eigenvalue weighted by Gasteiger charge is 2.05. The Kier molecular flexibility index (Phi) is 6.42. The summed E-state index contributed by atoms with van der Waals surface area (Å²) in [6.45, 7) is 2.11. The maximum atomic E-state index is 10.8. The van der Waals surface area contributed by atoms with E-state index in [4.69, 9.17) is 4.74 Å². The first kappa shape index (κ1) is 11.2. The van der Waals surface area contributed by atoms with E-state index in [9.17, 15) is 9.59 Å². The average Bonchev–Trinajstić information content (AvgIpc) is 1.97. The summed E-state index contributed by atoms with van der Waals surface area (Å²) in [5.74, 6) is -0.321. The zero-order valence-corrected chi connectivity index (χ0v) is 7.71. The second kappa shape index (κ2) is 6.88. The largest absolute Gasteiger partial charge is 0.464 e. The van der Waals surface area contributed by atoms with Crippen molar-refractivity contribution in [2.24, 2.45) is 4.99 Å². The second-order valence-electron chi connectivity index (χ2n) is 2.25. The molecule has 0 aromatic heterocycles. The molecule has 4 nitrogen and oxygen atoms in total. The molecule has 0 saturated heterocycles. The molecule has 68 valence electrons. The first-order valence-electron chi connectivity index (χ1n) is 3.54. The van der Waals surface area contributed by atoms with Gasteiger partial charge in [-0.1, -0.05) is 6.92 Å². The van der Waals surface area contributed by atoms with Crippen LogP contribution in [0.1, 0.15) is 13.3 Å². The van der Waals surface area contributed by atoms with E-state index in [1.54, 1.807) is 6.92 Å². The number of carbonyl (C=O) groups is 1. The molecule has 0 aliphatic rings. The second-order valence-corrected chi connectivity index (χ2v) is 3.13. The number of hydrogen-bond donors (Lipinski definition) is 1. The zero-order valence-electron chi connectivity index (χ0n) is 6.82. The molecule has 0 saturated carbocycles. The monoisotopic (exact) mass is 189 g/mol. The van der Waals surface area contributed by atoms with E-state index in [1.165, 1.54) is 6.08 Å². The Hall–Kier alpha value is -0.800. The number of carbonyl (C=O) groups excluding carboxylic acids is 2. The van der Waals surface area contributed by atoms with Gasteiger partial charge in [0.15, 0.2) is 0 Å². The summed E-state index contributed by atoms with van der Waals surface area (Å²) >= 11 is 4.01. The van der Waals surface area contributed by atoms with E-state index in [0.717, 1.165) is 0 Å². The van der Waals surface area contributed by atoms with Crippen LogP contribution in [0.25, 0.3) is 0 Å². The highest BCUT2D eigenvalue weighted by molar-refractivity contribution is 7.80. The van der Waals surface area contributed by atoms with Gasteiger partial charge in [0, 0.05) is 5.25 Å². The van der Waals surface area contributed by atoms with Gasteiger partial charge in [0.05, 0.1) is 13.0 Å². The van der Waals surface area contributed by atoms with Gasteiger partial charge in [-0.25, -0.2) is 9.79 Å². The molecule has 1 unspecified atom stereocenters. The van der Waals surface area contributed by atoms with E-state index < -0.39 is 0 Å². The Bertz CT molecular complexity index is 187. The first-order chi connectivity index (χ1) is 5.66. The quantitative estimate of drug-likeness (QED) is 0.226. The highest BCUT2D eigenvalue weighted by Crippen LogP contribution is 2.00. The lowest BCUT2D eigenvalue weighted by atomic mass is 10.3. The average molecular weight is 189 g/mol. The minimum absolute atomic E-state index is 0.00734. The maximum absolute atomic E-state index is 10.8. The number of hydrogen-bond acceptors (Lipinski definition) is 5. The van der Waals surface area contributed by atoms with Crippen LogP contribution in [0.4, 0.5) is 0 Å². The van der Waals surface area contributed by atoms with Crippen LogP contribution in [0.5, 0.6) is 0 Å². The normalized spacial score (nSPS) is 11.5. The van der Waals surface area contributed by atoms with Gasteiger partial charge in [-0.15, -0.1) is 0 Å². The van der Waals surface area contributed by atoms with E-state index in [2.05, 4.69) is 17.6 Å². The lowest BCUT2D eigenvalue weighted by Crippen LogP contribution is -2.11. The summed E-state index contributed by atoms with van der Waals surface area (Å²) in [6.07, 6.45) is 1.62. The van der Waals surface area contributed by atoms with Crippen LogP contribution in [0, 0.1) is 0 Å². The predicted molar refractivity (Wildman–Crippen MR) is 47.0 cm³/mol. The third-order valence-corrected chi connectivity index (χ3v) is 1.18. The Balaban J connectivity index is 3.37. The molecular weight excluding hydrogens is 178 g/mol. The van der Waals surface area contributed by atoms with Crippen molar-refractivity contribution < 1.29 is 14.3 Å². The summed E-state index contributed by atoms with van der Waals surface area (Å²) in [5.41, 5.74) is 0. The first-order valence-corrected chi connectivity index (χ1v) is 4.05. The minimum atomic E-state index is -0.321. The van der Waals surface area contributed by atoms with Crippen molar-refractivity contribution in [1.29, 1.82) is 0 Å². The third-order valence-electron chi connectivity index (χ3n) is 0.993. The lowest BCUT2D eigenvalue weighted by molar-refractivity contribution is -0.143. The summed E-state index contributed by atoms with van der Waals surface area (Å²) < 4.78 is 4.69. The van der Waals surface area contributed by atoms with Gasteiger partial charge in [-0.2, -0.15) is 12.6 Å². The van der Waals surface area contributed by atoms with Gasteiger partial charge < -0.3 is 4.74 Å². The number of aliphatic imine (C=N–C) groups is 1. The SMILES string of the molecule is CC(S)CC(=O)OCCN=C=O. The standard InChI is InChI=1S/C7H11NO3S/c1-6(12)4-7(10)11-3-2-8-5-9/h6,12H,2-4H2,1H3. The van der Waals surface area contributed by atoms with Gasteiger partial charge in [-0.3, -0.25) is 4.79 Å². The van der Waals surface area contributed by atoms with Crippen LogP contribution in [-0.2, 0) is 14.3 Å². The van der Waals surface area contributed by atoms with Gasteiger partial charge >= 0.3 is 5.97 Å². The van der Waals surface area contributed by atoms with E-state index in [1.807, 2.05) is 0 Å². The van der Waals surface area contributed by atoms with Crippen molar-refractivity contribution in [2.75, 3.05) is 13.2 Å². The van der Waals surface area contributed by atoms with Crippen molar-refractivity contribution in [1.82, 2.24) is 0 Å². The Labute approximate surface area is 76.4 Å². The summed E-state index contributed by atoms with van der Waals surface area (Å²) in [6, 6.07) is 0. The lowest BCUT2D eigenvalue weighted by Gasteiger charge is -2.03.